The van der Waals surface area contributed by atoms with Crippen LogP contribution >= 0.6 is 0 Å². The number of ether oxygens (including phenoxy) is 2. The van der Waals surface area contributed by atoms with Crippen molar-refractivity contribution in [3.8, 4) is 23.0 Å². The van der Waals surface area contributed by atoms with Crippen LogP contribution in [0.1, 0.15) is 92.4 Å². The number of hydrogen-bond acceptors (Lipinski definition) is 11. The lowest BCUT2D eigenvalue weighted by Crippen LogP contribution is -2.43. The summed E-state index contributed by atoms with van der Waals surface area (Å²) in [6, 6.07) is 11.9. The number of carbonyl (C=O) groups is 2. The lowest BCUT2D eigenvalue weighted by atomic mass is 10.1. The molecule has 306 valence electrons. The molecule has 1 aliphatic carbocycles. The van der Waals surface area contributed by atoms with Crippen LogP contribution in [-0.2, 0) is 29.7 Å². The number of amides is 2. The van der Waals surface area contributed by atoms with Crippen molar-refractivity contribution in [1.82, 2.24) is 39.4 Å². The third-order valence-electron chi connectivity index (χ3n) is 12.3. The van der Waals surface area contributed by atoms with Crippen molar-refractivity contribution in [3.63, 3.8) is 0 Å². The largest absolute Gasteiger partial charge is 0.453 e. The topological polar surface area (TPSA) is 156 Å². The molecule has 0 radical (unpaired) electrons. The number of hydrogen-bond donors (Lipinski definition) is 2. The predicted octanol–water partition coefficient (Wildman–Crippen LogP) is 5.49. The number of anilines is 2. The van der Waals surface area contributed by atoms with Crippen LogP contribution < -0.4 is 24.8 Å². The van der Waals surface area contributed by atoms with Crippen LogP contribution in [-0.4, -0.2) is 83.2 Å². The summed E-state index contributed by atoms with van der Waals surface area (Å²) in [6.45, 7) is 4.95. The maximum atomic E-state index is 13.7. The third-order valence-corrected chi connectivity index (χ3v) is 12.3. The van der Waals surface area contributed by atoms with Gasteiger partial charge in [-0.15, -0.1) is 4.68 Å². The van der Waals surface area contributed by atoms with Crippen molar-refractivity contribution in [2.45, 2.75) is 102 Å². The van der Waals surface area contributed by atoms with Gasteiger partial charge in [-0.25, -0.2) is 9.97 Å². The van der Waals surface area contributed by atoms with Gasteiger partial charge in [0.15, 0.2) is 29.6 Å². The lowest BCUT2D eigenvalue weighted by Gasteiger charge is -2.29. The van der Waals surface area contributed by atoms with Gasteiger partial charge >= 0.3 is 0 Å². The highest BCUT2D eigenvalue weighted by Gasteiger charge is 2.49. The van der Waals surface area contributed by atoms with Crippen LogP contribution in [0.15, 0.2) is 73.6 Å². The summed E-state index contributed by atoms with van der Waals surface area (Å²) in [5.41, 5.74) is 6.12. The summed E-state index contributed by atoms with van der Waals surface area (Å²) >= 11 is 0. The molecule has 59 heavy (non-hydrogen) atoms. The molecule has 4 atom stereocenters. The van der Waals surface area contributed by atoms with Gasteiger partial charge in [-0.05, 0) is 63.4 Å². The van der Waals surface area contributed by atoms with Crippen molar-refractivity contribution in [2.24, 2.45) is 7.05 Å². The van der Waals surface area contributed by atoms with Gasteiger partial charge < -0.3 is 20.1 Å². The van der Waals surface area contributed by atoms with E-state index in [1.165, 1.54) is 5.56 Å². The van der Waals surface area contributed by atoms with E-state index in [0.29, 0.717) is 48.1 Å². The Bertz CT molecular complexity index is 2280. The van der Waals surface area contributed by atoms with Crippen LogP contribution in [0, 0.1) is 6.92 Å². The van der Waals surface area contributed by atoms with Gasteiger partial charge in [0.05, 0.1) is 54.5 Å². The molecule has 0 spiro atoms. The fraction of sp³-hybridized carbons (Fsp3) is 0.455. The Morgan fingerprint density at radius 3 is 2.12 bits per heavy atom. The van der Waals surface area contributed by atoms with E-state index in [1.807, 2.05) is 32.2 Å². The maximum Gasteiger partial charge on any atom is 0.241 e. The standard InChI is InChI=1S/C44H51N11O4/c1-29-34(47-19-18-45-29)26-53-20-7-3-5-9-37(53)43(56)50-31-13-11-30(12-14-31)33-23-39(33)55-22-16-36(52(55)2)42-48-24-32(25-49-42)51-44(57)38-10-6-4-8-21-54(38)27-35-41-40(15-17-46-35)58-28-59-41/h11-19,22,24-25,33,37-39H,3-10,20-21,23,26-28H2,1-2H3,(H,50,56)/p+1/t33?,37-,38-,39?/m1/s1. The molecular formula is C44H52N11O4+. The molecule has 2 unspecified atom stereocenters. The van der Waals surface area contributed by atoms with Crippen LogP contribution in [0.2, 0.25) is 0 Å². The number of aryl methyl sites for hydroxylation is 1. The first-order valence-corrected chi connectivity index (χ1v) is 21.0. The van der Waals surface area contributed by atoms with Gasteiger partial charge in [0.2, 0.25) is 18.6 Å². The highest BCUT2D eigenvalue weighted by Crippen LogP contribution is 2.48. The van der Waals surface area contributed by atoms with Gasteiger partial charge in [0.25, 0.3) is 0 Å². The van der Waals surface area contributed by atoms with Gasteiger partial charge in [0, 0.05) is 55.9 Å². The van der Waals surface area contributed by atoms with Crippen molar-refractivity contribution >= 4 is 23.2 Å². The van der Waals surface area contributed by atoms with E-state index in [2.05, 4.69) is 73.0 Å². The number of pyridine rings is 1. The first-order valence-electron chi connectivity index (χ1n) is 21.0. The van der Waals surface area contributed by atoms with Gasteiger partial charge in [-0.3, -0.25) is 34.3 Å². The smallest absolute Gasteiger partial charge is 0.241 e. The molecule has 3 aliphatic heterocycles. The maximum absolute atomic E-state index is 13.7. The van der Waals surface area contributed by atoms with Crippen LogP contribution in [0.4, 0.5) is 11.4 Å². The molecule has 7 heterocycles. The average molecular weight is 799 g/mol. The summed E-state index contributed by atoms with van der Waals surface area (Å²) in [5, 5.41) is 6.29. The number of likely N-dealkylation sites (tertiary alicyclic amines) is 2. The fourth-order valence-electron chi connectivity index (χ4n) is 8.94. The fourth-order valence-corrected chi connectivity index (χ4v) is 8.94. The molecule has 9 rings (SSSR count). The highest BCUT2D eigenvalue weighted by atomic mass is 16.7. The van der Waals surface area contributed by atoms with E-state index in [9.17, 15) is 9.59 Å². The number of rotatable bonds is 11. The van der Waals surface area contributed by atoms with E-state index in [0.717, 1.165) is 99.3 Å². The molecule has 1 saturated carbocycles. The molecule has 15 nitrogen and oxygen atoms in total. The van der Waals surface area contributed by atoms with Gasteiger partial charge in [0.1, 0.15) is 11.4 Å². The third kappa shape index (κ3) is 8.53. The highest BCUT2D eigenvalue weighted by molar-refractivity contribution is 5.95. The van der Waals surface area contributed by atoms with Crippen molar-refractivity contribution in [3.05, 3.63) is 96.2 Å². The van der Waals surface area contributed by atoms with Crippen molar-refractivity contribution in [1.29, 1.82) is 0 Å². The Balaban J connectivity index is 0.805. The van der Waals surface area contributed by atoms with E-state index in [-0.39, 0.29) is 30.7 Å². The number of nitrogens with one attached hydrogen (secondary N) is 2. The lowest BCUT2D eigenvalue weighted by molar-refractivity contribution is -0.776. The minimum atomic E-state index is -0.312. The summed E-state index contributed by atoms with van der Waals surface area (Å²) in [5.74, 6) is 2.27. The minimum absolute atomic E-state index is 0.0347. The molecule has 3 fully saturated rings. The van der Waals surface area contributed by atoms with Crippen molar-refractivity contribution in [2.75, 3.05) is 30.5 Å². The van der Waals surface area contributed by atoms with E-state index >= 15 is 0 Å². The van der Waals surface area contributed by atoms with Crippen LogP contribution in [0.25, 0.3) is 11.5 Å². The molecule has 4 aliphatic rings. The SMILES string of the molecule is Cc1nccnc1CN1CCCCC[C@@H]1C(=O)Nc1ccc(C2CC2[n+]2ccc(-c3ncc(NC(=O)[C@H]4CCCCCN4Cc4nccc5c4OCO5)cn3)n2C)cc1. The Morgan fingerprint density at radius 1 is 0.746 bits per heavy atom. The first kappa shape index (κ1) is 38.7. The monoisotopic (exact) mass is 798 g/mol. The second kappa shape index (κ2) is 17.2. The molecule has 2 N–H and O–H groups in total. The molecule has 4 aromatic heterocycles. The Morgan fingerprint density at radius 2 is 1.41 bits per heavy atom. The van der Waals surface area contributed by atoms with Gasteiger partial charge in [-0.2, -0.15) is 4.68 Å². The van der Waals surface area contributed by atoms with Crippen LogP contribution in [0.3, 0.4) is 0 Å². The van der Waals surface area contributed by atoms with Crippen molar-refractivity contribution < 1.29 is 23.7 Å². The number of benzene rings is 1. The first-order chi connectivity index (χ1) is 28.9. The Labute approximate surface area is 344 Å². The normalized spacial score (nSPS) is 22.0. The number of aromatic nitrogens is 7. The van der Waals surface area contributed by atoms with Gasteiger partial charge in [-0.1, -0.05) is 37.8 Å². The average Bonchev–Trinajstić information content (AvgIpc) is 3.88. The minimum Gasteiger partial charge on any atom is -0.453 e. The zero-order valence-corrected chi connectivity index (χ0v) is 33.8. The summed E-state index contributed by atoms with van der Waals surface area (Å²) in [7, 11) is 2.03. The summed E-state index contributed by atoms with van der Waals surface area (Å²) < 4.78 is 15.6. The summed E-state index contributed by atoms with van der Waals surface area (Å²) in [4.78, 5) is 54.6. The van der Waals surface area contributed by atoms with Crippen LogP contribution in [0.5, 0.6) is 11.5 Å². The Kier molecular flexibility index (Phi) is 11.3. The molecule has 15 heteroatoms. The zero-order valence-electron chi connectivity index (χ0n) is 33.8. The number of carbonyl (C=O) groups excluding carboxylic acids is 2. The molecule has 0 bridgehead atoms. The molecular weight excluding hydrogens is 747 g/mol. The number of fused-ring (bicyclic) bond motifs is 1. The zero-order chi connectivity index (χ0) is 40.3. The molecule has 1 aromatic carbocycles. The van der Waals surface area contributed by atoms with E-state index in [1.54, 1.807) is 37.1 Å². The predicted molar refractivity (Wildman–Crippen MR) is 219 cm³/mol. The van der Waals surface area contributed by atoms with E-state index in [4.69, 9.17) is 9.47 Å². The second-order valence-electron chi connectivity index (χ2n) is 16.2. The second-order valence-corrected chi connectivity index (χ2v) is 16.2. The molecule has 5 aromatic rings. The molecule has 2 amide bonds. The Hall–Kier alpha value is -5.80. The molecule has 2 saturated heterocycles. The summed E-state index contributed by atoms with van der Waals surface area (Å²) in [6.07, 6.45) is 19.5. The van der Waals surface area contributed by atoms with E-state index < -0.39 is 0 Å². The quantitative estimate of drug-likeness (QED) is 0.163. The number of nitrogens with zero attached hydrogens (tertiary/aromatic N) is 9.